The number of thiophene rings is 1. The van der Waals surface area contributed by atoms with Gasteiger partial charge in [0.1, 0.15) is 6.54 Å². The van der Waals surface area contributed by atoms with Crippen LogP contribution in [0.1, 0.15) is 30.3 Å². The number of carbonyl (C=O) groups excluding carboxylic acids is 1. The molecule has 1 aromatic heterocycles. The number of nitrogens with one attached hydrogen (secondary N) is 2. The number of carbonyl (C=O) groups is 1. The van der Waals surface area contributed by atoms with Crippen LogP contribution in [0.25, 0.3) is 0 Å². The van der Waals surface area contributed by atoms with Crippen molar-refractivity contribution in [2.75, 3.05) is 13.1 Å². The van der Waals surface area contributed by atoms with E-state index >= 15 is 0 Å². The maximum Gasteiger partial charge on any atom is 0.275 e. The summed E-state index contributed by atoms with van der Waals surface area (Å²) in [5.74, 6) is 0.0249. The summed E-state index contributed by atoms with van der Waals surface area (Å²) < 4.78 is 0. The Hall–Kier alpha value is -1.07. The number of hydrogen-bond acceptors (Lipinski definition) is 2. The largest absolute Gasteiger partial charge is 0.345 e. The molecule has 1 aromatic carbocycles. The SMILES string of the molecule is CC[NH+](CC(=O)N[C@H](C)c1ccc(Cl)cc1Cl)Cc1cccs1. The molecular formula is C17H21Cl2N2OS+. The lowest BCUT2D eigenvalue weighted by molar-refractivity contribution is -0.903. The van der Waals surface area contributed by atoms with Gasteiger partial charge in [0.05, 0.1) is 17.5 Å². The molecule has 2 atom stereocenters. The molecule has 0 saturated heterocycles. The van der Waals surface area contributed by atoms with Gasteiger partial charge in [0.2, 0.25) is 0 Å². The standard InChI is InChI=1S/C17H20Cl2N2OS/c1-3-21(10-14-5-4-8-23-14)11-17(22)20-12(2)15-7-6-13(18)9-16(15)19/h4-9,12H,3,10-11H2,1-2H3,(H,20,22)/p+1/t12-/m1/s1. The van der Waals surface area contributed by atoms with Crippen molar-refractivity contribution in [1.82, 2.24) is 5.32 Å². The Morgan fingerprint density at radius 2 is 2.13 bits per heavy atom. The van der Waals surface area contributed by atoms with Gasteiger partial charge >= 0.3 is 0 Å². The summed E-state index contributed by atoms with van der Waals surface area (Å²) in [6.07, 6.45) is 0. The summed E-state index contributed by atoms with van der Waals surface area (Å²) in [7, 11) is 0. The first kappa shape index (κ1) is 18.3. The zero-order chi connectivity index (χ0) is 16.8. The molecule has 2 rings (SSSR count). The van der Waals surface area contributed by atoms with Gasteiger partial charge in [-0.25, -0.2) is 0 Å². The molecule has 0 fully saturated rings. The molecule has 0 aliphatic carbocycles. The molecule has 2 aromatic rings. The highest BCUT2D eigenvalue weighted by Crippen LogP contribution is 2.25. The fraction of sp³-hybridized carbons (Fsp3) is 0.353. The number of halogens is 2. The summed E-state index contributed by atoms with van der Waals surface area (Å²) in [5, 5.41) is 6.24. The summed E-state index contributed by atoms with van der Waals surface area (Å²) in [5.41, 5.74) is 0.876. The molecule has 1 amide bonds. The minimum absolute atomic E-state index is 0.0249. The summed E-state index contributed by atoms with van der Waals surface area (Å²) in [4.78, 5) is 14.8. The van der Waals surface area contributed by atoms with Crippen molar-refractivity contribution >= 4 is 40.4 Å². The van der Waals surface area contributed by atoms with E-state index in [0.717, 1.165) is 18.7 Å². The lowest BCUT2D eigenvalue weighted by atomic mass is 10.1. The average molecular weight is 372 g/mol. The third-order valence-electron chi connectivity index (χ3n) is 3.72. The van der Waals surface area contributed by atoms with E-state index in [9.17, 15) is 4.79 Å². The molecule has 6 heteroatoms. The van der Waals surface area contributed by atoms with E-state index in [1.54, 1.807) is 23.5 Å². The second-order valence-corrected chi connectivity index (χ2v) is 7.37. The highest BCUT2D eigenvalue weighted by Gasteiger charge is 2.17. The van der Waals surface area contributed by atoms with Crippen LogP contribution in [-0.4, -0.2) is 19.0 Å². The van der Waals surface area contributed by atoms with Crippen molar-refractivity contribution in [1.29, 1.82) is 0 Å². The molecule has 0 spiro atoms. The number of likely N-dealkylation sites (N-methyl/N-ethyl adjacent to an activating group) is 1. The summed E-state index contributed by atoms with van der Waals surface area (Å²) >= 11 is 13.8. The highest BCUT2D eigenvalue weighted by atomic mass is 35.5. The normalized spacial score (nSPS) is 13.6. The fourth-order valence-corrected chi connectivity index (χ4v) is 3.77. The van der Waals surface area contributed by atoms with Crippen LogP contribution < -0.4 is 10.2 Å². The molecule has 124 valence electrons. The lowest BCUT2D eigenvalue weighted by Crippen LogP contribution is -3.11. The van der Waals surface area contributed by atoms with Gasteiger partial charge in [-0.3, -0.25) is 4.79 Å². The van der Waals surface area contributed by atoms with Gasteiger partial charge in [0.25, 0.3) is 5.91 Å². The predicted molar refractivity (Wildman–Crippen MR) is 97.4 cm³/mol. The smallest absolute Gasteiger partial charge is 0.275 e. The van der Waals surface area contributed by atoms with Gasteiger partial charge in [0.15, 0.2) is 6.54 Å². The van der Waals surface area contributed by atoms with Gasteiger partial charge in [-0.05, 0) is 43.0 Å². The highest BCUT2D eigenvalue weighted by molar-refractivity contribution is 7.09. The number of amides is 1. The fourth-order valence-electron chi connectivity index (χ4n) is 2.42. The monoisotopic (exact) mass is 371 g/mol. The minimum Gasteiger partial charge on any atom is -0.345 e. The van der Waals surface area contributed by atoms with Crippen molar-refractivity contribution in [2.45, 2.75) is 26.4 Å². The van der Waals surface area contributed by atoms with Crippen LogP contribution in [0, 0.1) is 0 Å². The van der Waals surface area contributed by atoms with Crippen molar-refractivity contribution in [2.24, 2.45) is 0 Å². The Morgan fingerprint density at radius 3 is 2.74 bits per heavy atom. The first-order valence-electron chi connectivity index (χ1n) is 7.59. The molecule has 0 aliphatic heterocycles. The first-order chi connectivity index (χ1) is 11.0. The molecule has 1 unspecified atom stereocenters. The molecule has 2 N–H and O–H groups in total. The molecule has 23 heavy (non-hydrogen) atoms. The third-order valence-corrected chi connectivity index (χ3v) is 5.16. The lowest BCUT2D eigenvalue weighted by Gasteiger charge is -2.19. The molecule has 0 radical (unpaired) electrons. The van der Waals surface area contributed by atoms with E-state index in [0.29, 0.717) is 16.6 Å². The Balaban J connectivity index is 1.92. The Morgan fingerprint density at radius 1 is 1.35 bits per heavy atom. The first-order valence-corrected chi connectivity index (χ1v) is 9.23. The van der Waals surface area contributed by atoms with Crippen molar-refractivity contribution in [3.8, 4) is 0 Å². The van der Waals surface area contributed by atoms with Gasteiger partial charge in [0, 0.05) is 10.0 Å². The van der Waals surface area contributed by atoms with Crippen LogP contribution in [-0.2, 0) is 11.3 Å². The Labute approximate surface area is 151 Å². The van der Waals surface area contributed by atoms with Crippen LogP contribution >= 0.6 is 34.5 Å². The second-order valence-electron chi connectivity index (χ2n) is 5.49. The molecule has 0 aliphatic rings. The maximum atomic E-state index is 12.3. The van der Waals surface area contributed by atoms with Crippen LogP contribution in [0.5, 0.6) is 0 Å². The van der Waals surface area contributed by atoms with E-state index in [1.165, 1.54) is 9.78 Å². The second kappa shape index (κ2) is 8.69. The molecule has 0 saturated carbocycles. The predicted octanol–water partition coefficient (Wildman–Crippen LogP) is 3.34. The zero-order valence-corrected chi connectivity index (χ0v) is 15.6. The van der Waals surface area contributed by atoms with Gasteiger partial charge in [-0.1, -0.05) is 35.3 Å². The van der Waals surface area contributed by atoms with E-state index in [-0.39, 0.29) is 11.9 Å². The number of quaternary nitrogens is 1. The van der Waals surface area contributed by atoms with Crippen LogP contribution in [0.4, 0.5) is 0 Å². The van der Waals surface area contributed by atoms with Crippen LogP contribution in [0.3, 0.4) is 0 Å². The van der Waals surface area contributed by atoms with Crippen LogP contribution in [0.2, 0.25) is 10.0 Å². The molecule has 3 nitrogen and oxygen atoms in total. The van der Waals surface area contributed by atoms with Crippen LogP contribution in [0.15, 0.2) is 35.7 Å². The topological polar surface area (TPSA) is 33.5 Å². The van der Waals surface area contributed by atoms with E-state index < -0.39 is 0 Å². The Kier molecular flexibility index (Phi) is 6.90. The van der Waals surface area contributed by atoms with Crippen molar-refractivity contribution < 1.29 is 9.69 Å². The quantitative estimate of drug-likeness (QED) is 0.768. The van der Waals surface area contributed by atoms with Gasteiger partial charge in [-0.15, -0.1) is 11.3 Å². The summed E-state index contributed by atoms with van der Waals surface area (Å²) in [6.45, 7) is 6.25. The third kappa shape index (κ3) is 5.50. The van der Waals surface area contributed by atoms with Gasteiger partial charge in [-0.2, -0.15) is 0 Å². The molecule has 1 heterocycles. The van der Waals surface area contributed by atoms with E-state index in [1.807, 2.05) is 19.1 Å². The number of hydrogen-bond donors (Lipinski definition) is 2. The van der Waals surface area contributed by atoms with Crippen molar-refractivity contribution in [3.63, 3.8) is 0 Å². The summed E-state index contributed by atoms with van der Waals surface area (Å²) in [6, 6.07) is 9.33. The number of rotatable bonds is 7. The van der Waals surface area contributed by atoms with E-state index in [2.05, 4.69) is 23.7 Å². The molecular weight excluding hydrogens is 351 g/mol. The Bertz CT molecular complexity index is 646. The maximum absolute atomic E-state index is 12.3. The number of benzene rings is 1. The zero-order valence-electron chi connectivity index (χ0n) is 13.2. The average Bonchev–Trinajstić information content (AvgIpc) is 2.99. The molecule has 0 bridgehead atoms. The van der Waals surface area contributed by atoms with E-state index in [4.69, 9.17) is 23.2 Å². The minimum atomic E-state index is -0.146. The van der Waals surface area contributed by atoms with Gasteiger partial charge < -0.3 is 10.2 Å². The van der Waals surface area contributed by atoms with Crippen molar-refractivity contribution in [3.05, 3.63) is 56.2 Å².